The summed E-state index contributed by atoms with van der Waals surface area (Å²) in [5.74, 6) is 6.56. The number of carbonyl (C=O) groups is 1. The second kappa shape index (κ2) is 7.70. The van der Waals surface area contributed by atoms with Crippen LogP contribution in [0.4, 0.5) is 5.69 Å². The van der Waals surface area contributed by atoms with Gasteiger partial charge in [-0.25, -0.2) is 0 Å². The standard InChI is InChI=1S/C17H21NO3/c1-21-16-9-8-14(7-4-10-19)11-15(16)18-17(20)12-13-5-2-3-6-13/h8-9,11,13,19H,2-3,5-6,10,12H2,1H3,(H,18,20). The lowest BCUT2D eigenvalue weighted by molar-refractivity contribution is -0.117. The molecular formula is C17H21NO3. The maximum Gasteiger partial charge on any atom is 0.224 e. The van der Waals surface area contributed by atoms with E-state index in [-0.39, 0.29) is 12.5 Å². The molecule has 0 bridgehead atoms. The quantitative estimate of drug-likeness (QED) is 0.837. The van der Waals surface area contributed by atoms with E-state index in [1.807, 2.05) is 0 Å². The van der Waals surface area contributed by atoms with E-state index in [0.29, 0.717) is 23.8 Å². The van der Waals surface area contributed by atoms with Crippen molar-refractivity contribution >= 4 is 11.6 Å². The maximum atomic E-state index is 12.1. The molecule has 21 heavy (non-hydrogen) atoms. The Hall–Kier alpha value is -1.99. The van der Waals surface area contributed by atoms with Gasteiger partial charge in [0.2, 0.25) is 5.91 Å². The molecule has 4 heteroatoms. The molecule has 112 valence electrons. The van der Waals surface area contributed by atoms with Gasteiger partial charge in [0.25, 0.3) is 0 Å². The average Bonchev–Trinajstić information content (AvgIpc) is 2.98. The van der Waals surface area contributed by atoms with Crippen LogP contribution in [0.2, 0.25) is 0 Å². The van der Waals surface area contributed by atoms with E-state index in [1.54, 1.807) is 25.3 Å². The third kappa shape index (κ3) is 4.51. The Morgan fingerprint density at radius 1 is 1.43 bits per heavy atom. The monoisotopic (exact) mass is 287 g/mol. The number of rotatable bonds is 4. The van der Waals surface area contributed by atoms with Gasteiger partial charge < -0.3 is 15.2 Å². The molecule has 0 unspecified atom stereocenters. The van der Waals surface area contributed by atoms with Crippen LogP contribution in [-0.4, -0.2) is 24.7 Å². The molecule has 1 aromatic rings. The largest absolute Gasteiger partial charge is 0.495 e. The zero-order chi connectivity index (χ0) is 15.1. The van der Waals surface area contributed by atoms with Crippen molar-refractivity contribution in [3.63, 3.8) is 0 Å². The molecule has 0 spiro atoms. The van der Waals surface area contributed by atoms with Crippen molar-refractivity contribution in [1.29, 1.82) is 0 Å². The first-order valence-corrected chi connectivity index (χ1v) is 7.30. The second-order valence-electron chi connectivity index (χ2n) is 5.28. The van der Waals surface area contributed by atoms with E-state index in [0.717, 1.165) is 18.4 Å². The van der Waals surface area contributed by atoms with E-state index < -0.39 is 0 Å². The van der Waals surface area contributed by atoms with E-state index in [1.165, 1.54) is 12.8 Å². The molecule has 0 aliphatic heterocycles. The number of aliphatic hydroxyl groups is 1. The van der Waals surface area contributed by atoms with E-state index in [4.69, 9.17) is 9.84 Å². The summed E-state index contributed by atoms with van der Waals surface area (Å²) in [5, 5.41) is 11.6. The third-order valence-electron chi connectivity index (χ3n) is 3.73. The fourth-order valence-electron chi connectivity index (χ4n) is 2.70. The highest BCUT2D eigenvalue weighted by Gasteiger charge is 2.19. The number of hydrogen-bond acceptors (Lipinski definition) is 3. The SMILES string of the molecule is COc1ccc(C#CCO)cc1NC(=O)CC1CCCC1. The summed E-state index contributed by atoms with van der Waals surface area (Å²) in [6, 6.07) is 5.34. The Morgan fingerprint density at radius 2 is 2.19 bits per heavy atom. The fraction of sp³-hybridized carbons (Fsp3) is 0.471. The molecule has 2 N–H and O–H groups in total. The van der Waals surface area contributed by atoms with Crippen molar-refractivity contribution in [2.24, 2.45) is 5.92 Å². The number of benzene rings is 1. The summed E-state index contributed by atoms with van der Waals surface area (Å²) >= 11 is 0. The van der Waals surface area contributed by atoms with Gasteiger partial charge in [-0.3, -0.25) is 4.79 Å². The Labute approximate surface area is 125 Å². The number of amides is 1. The van der Waals surface area contributed by atoms with Gasteiger partial charge in [-0.2, -0.15) is 0 Å². The Kier molecular flexibility index (Phi) is 5.65. The molecule has 1 saturated carbocycles. The van der Waals surface area contributed by atoms with Gasteiger partial charge in [0, 0.05) is 12.0 Å². The maximum absolute atomic E-state index is 12.1. The number of carbonyl (C=O) groups excluding carboxylic acids is 1. The predicted molar refractivity (Wildman–Crippen MR) is 82.2 cm³/mol. The van der Waals surface area contributed by atoms with Gasteiger partial charge in [0.15, 0.2) is 0 Å². The summed E-state index contributed by atoms with van der Waals surface area (Å²) < 4.78 is 5.26. The Bertz CT molecular complexity index is 551. The molecule has 4 nitrogen and oxygen atoms in total. The minimum atomic E-state index is -0.185. The van der Waals surface area contributed by atoms with Crippen LogP contribution < -0.4 is 10.1 Å². The number of ether oxygens (including phenoxy) is 1. The van der Waals surface area contributed by atoms with Crippen LogP contribution >= 0.6 is 0 Å². The summed E-state index contributed by atoms with van der Waals surface area (Å²) in [7, 11) is 1.57. The third-order valence-corrected chi connectivity index (χ3v) is 3.73. The molecule has 2 rings (SSSR count). The Balaban J connectivity index is 2.07. The van der Waals surface area contributed by atoms with Gasteiger partial charge in [-0.05, 0) is 37.0 Å². The molecule has 1 aromatic carbocycles. The molecule has 0 radical (unpaired) electrons. The smallest absolute Gasteiger partial charge is 0.224 e. The van der Waals surface area contributed by atoms with Crippen LogP contribution in [0.25, 0.3) is 0 Å². The summed E-state index contributed by atoms with van der Waals surface area (Å²) in [6.45, 7) is -0.185. The van der Waals surface area contributed by atoms with Gasteiger partial charge in [0.1, 0.15) is 12.4 Å². The van der Waals surface area contributed by atoms with Gasteiger partial charge in [0.05, 0.1) is 12.8 Å². The summed E-state index contributed by atoms with van der Waals surface area (Å²) in [4.78, 5) is 12.1. The van der Waals surface area contributed by atoms with Crippen molar-refractivity contribution in [3.05, 3.63) is 23.8 Å². The van der Waals surface area contributed by atoms with Crippen molar-refractivity contribution in [3.8, 4) is 17.6 Å². The summed E-state index contributed by atoms with van der Waals surface area (Å²) in [5.41, 5.74) is 1.37. The zero-order valence-corrected chi connectivity index (χ0v) is 12.3. The summed E-state index contributed by atoms with van der Waals surface area (Å²) in [6.07, 6.45) is 5.32. The molecule has 1 aliphatic rings. The second-order valence-corrected chi connectivity index (χ2v) is 5.28. The number of aliphatic hydroxyl groups excluding tert-OH is 1. The average molecular weight is 287 g/mol. The number of anilines is 1. The van der Waals surface area contributed by atoms with Gasteiger partial charge in [-0.1, -0.05) is 24.7 Å². The van der Waals surface area contributed by atoms with Crippen molar-refractivity contribution in [2.75, 3.05) is 19.0 Å². The van der Waals surface area contributed by atoms with Crippen LogP contribution in [0.1, 0.15) is 37.7 Å². The molecule has 1 fully saturated rings. The minimum Gasteiger partial charge on any atom is -0.495 e. The van der Waals surface area contributed by atoms with Crippen molar-refractivity contribution in [2.45, 2.75) is 32.1 Å². The van der Waals surface area contributed by atoms with Crippen LogP contribution in [0.3, 0.4) is 0 Å². The molecule has 1 aliphatic carbocycles. The first-order chi connectivity index (χ1) is 10.2. The topological polar surface area (TPSA) is 58.6 Å². The predicted octanol–water partition coefficient (Wildman–Crippen LogP) is 2.56. The molecular weight excluding hydrogens is 266 g/mol. The molecule has 0 aromatic heterocycles. The van der Waals surface area contributed by atoms with Crippen LogP contribution in [0, 0.1) is 17.8 Å². The first kappa shape index (κ1) is 15.4. The Morgan fingerprint density at radius 3 is 2.86 bits per heavy atom. The zero-order valence-electron chi connectivity index (χ0n) is 12.3. The van der Waals surface area contributed by atoms with Crippen LogP contribution in [0.5, 0.6) is 5.75 Å². The van der Waals surface area contributed by atoms with E-state index in [9.17, 15) is 4.79 Å². The number of nitrogens with one attached hydrogen (secondary N) is 1. The van der Waals surface area contributed by atoms with E-state index in [2.05, 4.69) is 17.2 Å². The number of methoxy groups -OCH3 is 1. The first-order valence-electron chi connectivity index (χ1n) is 7.30. The minimum absolute atomic E-state index is 0.0208. The fourth-order valence-corrected chi connectivity index (χ4v) is 2.70. The molecule has 0 heterocycles. The highest BCUT2D eigenvalue weighted by atomic mass is 16.5. The lowest BCUT2D eigenvalue weighted by Gasteiger charge is -2.12. The highest BCUT2D eigenvalue weighted by molar-refractivity contribution is 5.92. The normalized spacial score (nSPS) is 14.4. The van der Waals surface area contributed by atoms with E-state index >= 15 is 0 Å². The van der Waals surface area contributed by atoms with Crippen molar-refractivity contribution < 1.29 is 14.6 Å². The molecule has 0 atom stereocenters. The van der Waals surface area contributed by atoms with Crippen molar-refractivity contribution in [1.82, 2.24) is 0 Å². The number of hydrogen-bond donors (Lipinski definition) is 2. The lowest BCUT2D eigenvalue weighted by Crippen LogP contribution is -2.15. The van der Waals surface area contributed by atoms with Crippen LogP contribution in [-0.2, 0) is 4.79 Å². The van der Waals surface area contributed by atoms with Gasteiger partial charge in [-0.15, -0.1) is 0 Å². The van der Waals surface area contributed by atoms with Crippen LogP contribution in [0.15, 0.2) is 18.2 Å². The molecule has 0 saturated heterocycles. The van der Waals surface area contributed by atoms with Gasteiger partial charge >= 0.3 is 0 Å². The lowest BCUT2D eigenvalue weighted by atomic mass is 10.0. The highest BCUT2D eigenvalue weighted by Crippen LogP contribution is 2.29. The molecule has 1 amide bonds.